The van der Waals surface area contributed by atoms with Crippen LogP contribution in [0.5, 0.6) is 5.75 Å². The molecule has 6 aliphatic rings. The highest BCUT2D eigenvalue weighted by atomic mass is 16.5. The summed E-state index contributed by atoms with van der Waals surface area (Å²) < 4.78 is 6.07. The number of amides is 7. The highest BCUT2D eigenvalue weighted by molar-refractivity contribution is 6.02. The number of benzene rings is 5. The first-order chi connectivity index (χ1) is 40.2. The summed E-state index contributed by atoms with van der Waals surface area (Å²) in [5.41, 5.74) is 4.31. The van der Waals surface area contributed by atoms with Crippen LogP contribution in [0.4, 0.5) is 0 Å². The molecule has 83 heavy (non-hydrogen) atoms. The van der Waals surface area contributed by atoms with Gasteiger partial charge in [-0.05, 0) is 73.1 Å². The normalized spacial score (nSPS) is 26.6. The van der Waals surface area contributed by atoms with Gasteiger partial charge in [0, 0.05) is 91.9 Å². The standard InChI is InChI=1S/C65H69N7O11/c1-37(74)43(35-73)24-44(75)30-66-59(76)36-83-58-25-42(64(81)71-31-50(60(77)67-54-26-46(54)38-14-6-2-7-15-38)51(32-71)61(78)68-55-27-47(55)39-16-8-3-9-17-39)22-23-45(58)65(82)72-33-52(62(79)69-56-28-48(56)40-18-10-4-11-19-40)53(34-72)63(80)70-57-29-49(57)41-20-12-5-13-21-41/h2-23,25,43,46-57,73H,24,26-36H2,1H3,(H,66,76)(H,67,77)(H,68,78)(H,69,79)(H,70,80)/t43-,46+,47+,48+,49+,50+,51+,52+,53+,54-,55-,56-,57-/m0/s1. The van der Waals surface area contributed by atoms with Crippen molar-refractivity contribution in [2.45, 2.75) is 86.9 Å². The minimum atomic E-state index is -0.925. The number of ketones is 2. The molecule has 0 bridgehead atoms. The summed E-state index contributed by atoms with van der Waals surface area (Å²) in [6, 6.07) is 43.0. The Morgan fingerprint density at radius 3 is 1.22 bits per heavy atom. The van der Waals surface area contributed by atoms with Crippen LogP contribution in [0, 0.1) is 29.6 Å². The van der Waals surface area contributed by atoms with Gasteiger partial charge in [0.05, 0.1) is 42.4 Å². The average molecular weight is 1120 g/mol. The largest absolute Gasteiger partial charge is 0.483 e. The van der Waals surface area contributed by atoms with E-state index in [1.54, 1.807) is 0 Å². The molecule has 11 rings (SSSR count). The van der Waals surface area contributed by atoms with Crippen LogP contribution in [0.3, 0.4) is 0 Å². The van der Waals surface area contributed by atoms with Crippen LogP contribution in [0.1, 0.15) is 106 Å². The third kappa shape index (κ3) is 13.2. The molecule has 4 saturated carbocycles. The van der Waals surface area contributed by atoms with E-state index in [0.717, 1.165) is 47.9 Å². The van der Waals surface area contributed by atoms with Crippen molar-refractivity contribution in [3.63, 3.8) is 0 Å². The van der Waals surface area contributed by atoms with Crippen molar-refractivity contribution in [1.29, 1.82) is 0 Å². The molecule has 18 nitrogen and oxygen atoms in total. The van der Waals surface area contributed by atoms with Crippen molar-refractivity contribution < 1.29 is 53.0 Å². The van der Waals surface area contributed by atoms with Crippen LogP contribution in [0.25, 0.3) is 0 Å². The molecule has 2 saturated heterocycles. The van der Waals surface area contributed by atoms with E-state index in [4.69, 9.17) is 4.74 Å². The number of carbonyl (C=O) groups is 9. The lowest BCUT2D eigenvalue weighted by Crippen LogP contribution is -2.43. The molecule has 18 heteroatoms. The molecule has 7 amide bonds. The summed E-state index contributed by atoms with van der Waals surface area (Å²) in [6.07, 6.45) is 2.63. The predicted octanol–water partition coefficient (Wildman–Crippen LogP) is 4.40. The molecule has 5 aromatic carbocycles. The second-order valence-corrected chi connectivity index (χ2v) is 23.3. The molecule has 6 N–H and O–H groups in total. The molecule has 0 aromatic heterocycles. The molecule has 2 heterocycles. The van der Waals surface area contributed by atoms with Crippen LogP contribution in [0.2, 0.25) is 0 Å². The number of carbonyl (C=O) groups excluding carboxylic acids is 9. The van der Waals surface area contributed by atoms with E-state index in [2.05, 4.69) is 26.6 Å². The van der Waals surface area contributed by atoms with Crippen molar-refractivity contribution in [3.8, 4) is 5.75 Å². The number of nitrogens with one attached hydrogen (secondary N) is 5. The van der Waals surface area contributed by atoms with Crippen molar-refractivity contribution >= 4 is 52.9 Å². The Morgan fingerprint density at radius 2 is 0.867 bits per heavy atom. The van der Waals surface area contributed by atoms with E-state index in [-0.39, 0.29) is 127 Å². The summed E-state index contributed by atoms with van der Waals surface area (Å²) in [6.45, 7) is -0.915. The van der Waals surface area contributed by atoms with E-state index in [0.29, 0.717) is 0 Å². The Balaban J connectivity index is 0.831. The summed E-state index contributed by atoms with van der Waals surface area (Å²) in [5, 5.41) is 24.7. The Labute approximate surface area is 481 Å². The smallest absolute Gasteiger partial charge is 0.258 e. The highest BCUT2D eigenvalue weighted by Crippen LogP contribution is 2.45. The van der Waals surface area contributed by atoms with Crippen LogP contribution < -0.4 is 31.3 Å². The lowest BCUT2D eigenvalue weighted by molar-refractivity contribution is -0.133. The SMILES string of the molecule is CC(=O)[C@H](CO)CC(=O)CNC(=O)COc1cc(C(=O)N2C[C@@H](C(=O)N[C@H]3C[C@@H]3c3ccccc3)[C@H](C(=O)N[C@H]3C[C@@H]3c3ccccc3)C2)ccc1C(=O)N1C[C@@H](C(=O)N[C@H]2C[C@@H]2c2ccccc2)[C@H](C(=O)N[C@H]2C[C@@H]2c2ccccc2)C1. The average Bonchev–Trinajstić information content (AvgIpc) is 3.66. The highest BCUT2D eigenvalue weighted by Gasteiger charge is 2.51. The van der Waals surface area contributed by atoms with Crippen molar-refractivity contribution in [2.24, 2.45) is 29.6 Å². The first-order valence-electron chi connectivity index (χ1n) is 28.9. The number of rotatable bonds is 23. The van der Waals surface area contributed by atoms with Crippen molar-refractivity contribution in [3.05, 3.63) is 173 Å². The van der Waals surface area contributed by atoms with Gasteiger partial charge in [-0.15, -0.1) is 0 Å². The minimum absolute atomic E-state index is 0.0232. The third-order valence-corrected chi connectivity index (χ3v) is 17.5. The fourth-order valence-corrected chi connectivity index (χ4v) is 12.2. The van der Waals surface area contributed by atoms with Crippen LogP contribution >= 0.6 is 0 Å². The number of ether oxygens (including phenoxy) is 1. The van der Waals surface area contributed by atoms with E-state index >= 15 is 0 Å². The maximum Gasteiger partial charge on any atom is 0.258 e. The Bertz CT molecular complexity index is 3120. The predicted molar refractivity (Wildman–Crippen MR) is 305 cm³/mol. The molecule has 0 spiro atoms. The first kappa shape index (κ1) is 56.4. The molecule has 0 unspecified atom stereocenters. The van der Waals surface area contributed by atoms with Gasteiger partial charge in [0.25, 0.3) is 17.7 Å². The van der Waals surface area contributed by atoms with E-state index in [1.165, 1.54) is 34.9 Å². The molecular weight excluding hydrogens is 1050 g/mol. The number of hydrogen-bond donors (Lipinski definition) is 6. The molecular formula is C65H69N7O11. The number of Topliss-reactive ketones (excluding diaryl/α,β-unsaturated/α-hetero) is 2. The monoisotopic (exact) mass is 1120 g/mol. The zero-order valence-electron chi connectivity index (χ0n) is 46.2. The van der Waals surface area contributed by atoms with E-state index < -0.39 is 72.9 Å². The van der Waals surface area contributed by atoms with Gasteiger partial charge in [-0.3, -0.25) is 43.2 Å². The maximum atomic E-state index is 15.0. The van der Waals surface area contributed by atoms with Gasteiger partial charge in [0.15, 0.2) is 12.4 Å². The maximum absolute atomic E-state index is 15.0. The summed E-state index contributed by atoms with van der Waals surface area (Å²) in [7, 11) is 0. The summed E-state index contributed by atoms with van der Waals surface area (Å²) in [5.74, 6) is -8.56. The van der Waals surface area contributed by atoms with Crippen LogP contribution in [0.15, 0.2) is 140 Å². The number of likely N-dealkylation sites (tertiary alicyclic amines) is 2. The first-order valence-corrected chi connectivity index (χ1v) is 28.9. The quantitative estimate of drug-likeness (QED) is 0.0535. The summed E-state index contributed by atoms with van der Waals surface area (Å²) in [4.78, 5) is 128. The second kappa shape index (κ2) is 24.5. The van der Waals surface area contributed by atoms with Gasteiger partial charge in [0.2, 0.25) is 23.6 Å². The lowest BCUT2D eigenvalue weighted by Gasteiger charge is -2.21. The second-order valence-electron chi connectivity index (χ2n) is 23.3. The van der Waals surface area contributed by atoms with E-state index in [1.807, 2.05) is 121 Å². The molecule has 2 aliphatic heterocycles. The van der Waals surface area contributed by atoms with Gasteiger partial charge in [-0.2, -0.15) is 0 Å². The molecule has 430 valence electrons. The van der Waals surface area contributed by atoms with Crippen LogP contribution in [-0.4, -0.2) is 138 Å². The fraction of sp³-hybridized carbons (Fsp3) is 0.400. The Hall–Kier alpha value is -8.51. The third-order valence-electron chi connectivity index (χ3n) is 17.5. The van der Waals surface area contributed by atoms with Crippen LogP contribution in [-0.2, 0) is 33.6 Å². The van der Waals surface area contributed by atoms with Crippen molar-refractivity contribution in [1.82, 2.24) is 36.4 Å². The molecule has 5 aromatic rings. The lowest BCUT2D eigenvalue weighted by atomic mass is 9.94. The van der Waals surface area contributed by atoms with Gasteiger partial charge in [-0.25, -0.2) is 0 Å². The molecule has 13 atom stereocenters. The zero-order valence-corrected chi connectivity index (χ0v) is 46.2. The number of aliphatic hydroxyl groups is 1. The molecule has 4 aliphatic carbocycles. The van der Waals surface area contributed by atoms with Crippen molar-refractivity contribution in [2.75, 3.05) is 45.9 Å². The molecule has 0 radical (unpaired) electrons. The van der Waals surface area contributed by atoms with E-state index in [9.17, 15) is 48.3 Å². The Kier molecular flexibility index (Phi) is 16.7. The number of nitrogens with zero attached hydrogens (tertiary/aromatic N) is 2. The minimum Gasteiger partial charge on any atom is -0.483 e. The van der Waals surface area contributed by atoms with Gasteiger partial charge < -0.3 is 46.2 Å². The van der Waals surface area contributed by atoms with Gasteiger partial charge in [0.1, 0.15) is 11.5 Å². The number of aliphatic hydroxyl groups excluding tert-OH is 1. The molecule has 6 fully saturated rings. The Morgan fingerprint density at radius 1 is 0.506 bits per heavy atom. The van der Waals surface area contributed by atoms with Gasteiger partial charge >= 0.3 is 0 Å². The van der Waals surface area contributed by atoms with Gasteiger partial charge in [-0.1, -0.05) is 121 Å². The topological polar surface area (TPSA) is 250 Å². The fourth-order valence-electron chi connectivity index (χ4n) is 12.2. The zero-order chi connectivity index (χ0) is 57.9. The summed E-state index contributed by atoms with van der Waals surface area (Å²) >= 11 is 0. The number of hydrogen-bond acceptors (Lipinski definition) is 11.